The molecule has 0 spiro atoms. The number of rotatable bonds is 5. The van der Waals surface area contributed by atoms with E-state index in [1.54, 1.807) is 6.07 Å². The average Bonchev–Trinajstić information content (AvgIpc) is 3.01. The molecule has 0 aliphatic rings. The first-order valence-corrected chi connectivity index (χ1v) is 7.79. The average molecular weight is 316 g/mol. The molecule has 0 aliphatic carbocycles. The molecule has 1 aromatic heterocycles. The number of nitriles is 1. The lowest BCUT2D eigenvalue weighted by molar-refractivity contribution is 0.905. The van der Waals surface area contributed by atoms with Crippen molar-refractivity contribution in [2.24, 2.45) is 5.11 Å². The van der Waals surface area contributed by atoms with Crippen molar-refractivity contribution in [2.75, 3.05) is 6.54 Å². The minimum Gasteiger partial charge on any atom is -0.296 e. The van der Waals surface area contributed by atoms with Gasteiger partial charge in [-0.3, -0.25) is 4.57 Å². The van der Waals surface area contributed by atoms with Crippen LogP contribution in [0.5, 0.6) is 0 Å². The molecule has 0 aliphatic heterocycles. The zero-order chi connectivity index (χ0) is 16.9. The second-order valence-corrected chi connectivity index (χ2v) is 5.37. The Kier molecular flexibility index (Phi) is 4.46. The maximum absolute atomic E-state index is 9.28. The third-order valence-electron chi connectivity index (χ3n) is 3.95. The third-order valence-corrected chi connectivity index (χ3v) is 3.95. The van der Waals surface area contributed by atoms with Gasteiger partial charge >= 0.3 is 0 Å². The van der Waals surface area contributed by atoms with E-state index in [1.165, 1.54) is 0 Å². The van der Waals surface area contributed by atoms with E-state index in [0.717, 1.165) is 34.5 Å². The summed E-state index contributed by atoms with van der Waals surface area (Å²) in [6.07, 6.45) is 1.49. The topological polar surface area (TPSA) is 90.4 Å². The van der Waals surface area contributed by atoms with Gasteiger partial charge < -0.3 is 0 Å². The van der Waals surface area contributed by atoms with Crippen LogP contribution in [-0.2, 0) is 12.8 Å². The van der Waals surface area contributed by atoms with Gasteiger partial charge in [0.25, 0.3) is 0 Å². The fourth-order valence-corrected chi connectivity index (χ4v) is 2.80. The van der Waals surface area contributed by atoms with Crippen LogP contribution < -0.4 is 0 Å². The van der Waals surface area contributed by atoms with Gasteiger partial charge in [-0.1, -0.05) is 30.2 Å². The van der Waals surface area contributed by atoms with Crippen molar-refractivity contribution in [1.82, 2.24) is 9.55 Å². The number of fused-ring (bicyclic) bond motifs is 1. The van der Waals surface area contributed by atoms with E-state index in [1.807, 2.05) is 36.4 Å². The summed E-state index contributed by atoms with van der Waals surface area (Å²) in [7, 11) is 0. The Labute approximate surface area is 139 Å². The zero-order valence-electron chi connectivity index (χ0n) is 13.3. The van der Waals surface area contributed by atoms with Crippen molar-refractivity contribution in [3.63, 3.8) is 0 Å². The molecule has 0 N–H and O–H groups in total. The van der Waals surface area contributed by atoms with E-state index in [9.17, 15) is 5.26 Å². The number of aryl methyl sites for hydroxylation is 1. The normalized spacial score (nSPS) is 10.3. The summed E-state index contributed by atoms with van der Waals surface area (Å²) >= 11 is 0. The van der Waals surface area contributed by atoms with Crippen LogP contribution in [0, 0.1) is 11.3 Å². The maximum atomic E-state index is 9.28. The molecule has 3 aromatic rings. The first-order chi connectivity index (χ1) is 11.8. The highest BCUT2D eigenvalue weighted by Gasteiger charge is 2.13. The van der Waals surface area contributed by atoms with Gasteiger partial charge in [0.1, 0.15) is 17.4 Å². The summed E-state index contributed by atoms with van der Waals surface area (Å²) in [5.74, 6) is 0.925. The van der Waals surface area contributed by atoms with Crippen LogP contribution in [-0.4, -0.2) is 16.1 Å². The molecular formula is C18H16N6. The second-order valence-electron chi connectivity index (χ2n) is 5.37. The number of hydrogen-bond acceptors (Lipinski definition) is 3. The molecule has 1 heterocycles. The van der Waals surface area contributed by atoms with Gasteiger partial charge in [0.2, 0.25) is 0 Å². The van der Waals surface area contributed by atoms with E-state index < -0.39 is 0 Å². The summed E-state index contributed by atoms with van der Waals surface area (Å²) < 4.78 is 2.09. The van der Waals surface area contributed by atoms with Gasteiger partial charge in [0, 0.05) is 23.6 Å². The van der Waals surface area contributed by atoms with Crippen molar-refractivity contribution in [3.05, 3.63) is 69.9 Å². The van der Waals surface area contributed by atoms with Gasteiger partial charge in [0.15, 0.2) is 0 Å². The van der Waals surface area contributed by atoms with E-state index >= 15 is 0 Å². The number of imidazole rings is 1. The molecule has 0 unspecified atom stereocenters. The molecule has 0 saturated heterocycles. The lowest BCUT2D eigenvalue weighted by Crippen LogP contribution is -2.00. The van der Waals surface area contributed by atoms with Gasteiger partial charge in [0.05, 0.1) is 11.1 Å². The second kappa shape index (κ2) is 6.86. The van der Waals surface area contributed by atoms with Crippen LogP contribution in [0.15, 0.2) is 47.6 Å². The quantitative estimate of drug-likeness (QED) is 0.398. The summed E-state index contributed by atoms with van der Waals surface area (Å²) in [4.78, 5) is 7.42. The van der Waals surface area contributed by atoms with E-state index in [-0.39, 0.29) is 0 Å². The van der Waals surface area contributed by atoms with Crippen LogP contribution in [0.1, 0.15) is 23.9 Å². The minimum atomic E-state index is 0.454. The highest BCUT2D eigenvalue weighted by atomic mass is 15.1. The number of azide groups is 1. The smallest absolute Gasteiger partial charge is 0.114 e. The predicted molar refractivity (Wildman–Crippen MR) is 92.9 cm³/mol. The van der Waals surface area contributed by atoms with Crippen molar-refractivity contribution >= 4 is 11.0 Å². The number of nitrogens with zero attached hydrogens (tertiary/aromatic N) is 6. The molecule has 3 rings (SSSR count). The predicted octanol–water partition coefficient (Wildman–Crippen LogP) is 4.31. The summed E-state index contributed by atoms with van der Waals surface area (Å²) in [5, 5.41) is 12.8. The largest absolute Gasteiger partial charge is 0.296 e. The molecule has 0 amide bonds. The number of benzene rings is 2. The van der Waals surface area contributed by atoms with Crippen LogP contribution in [0.4, 0.5) is 0 Å². The van der Waals surface area contributed by atoms with E-state index in [2.05, 4.69) is 32.6 Å². The van der Waals surface area contributed by atoms with Crippen molar-refractivity contribution < 1.29 is 0 Å². The lowest BCUT2D eigenvalue weighted by atomic mass is 10.1. The van der Waals surface area contributed by atoms with Crippen molar-refractivity contribution in [3.8, 4) is 11.8 Å². The lowest BCUT2D eigenvalue weighted by Gasteiger charge is -2.09. The number of para-hydroxylation sites is 1. The Morgan fingerprint density at radius 1 is 1.25 bits per heavy atom. The Morgan fingerprint density at radius 2 is 2.04 bits per heavy atom. The molecule has 2 aromatic carbocycles. The fraction of sp³-hybridized carbons (Fsp3) is 0.222. The van der Waals surface area contributed by atoms with Crippen LogP contribution in [0.2, 0.25) is 0 Å². The summed E-state index contributed by atoms with van der Waals surface area (Å²) in [5.41, 5.74) is 12.7. The molecule has 0 fully saturated rings. The van der Waals surface area contributed by atoms with Gasteiger partial charge in [-0.2, -0.15) is 5.26 Å². The number of hydrogen-bond donors (Lipinski definition) is 0. The summed E-state index contributed by atoms with van der Waals surface area (Å²) in [6.45, 7) is 2.51. The van der Waals surface area contributed by atoms with Crippen molar-refractivity contribution in [2.45, 2.75) is 19.8 Å². The van der Waals surface area contributed by atoms with Gasteiger partial charge in [-0.05, 0) is 41.8 Å². The molecule has 6 nitrogen and oxygen atoms in total. The van der Waals surface area contributed by atoms with Gasteiger partial charge in [-0.15, -0.1) is 0 Å². The van der Waals surface area contributed by atoms with E-state index in [4.69, 9.17) is 5.53 Å². The Bertz CT molecular complexity index is 956. The molecule has 118 valence electrons. The first-order valence-electron chi connectivity index (χ1n) is 7.79. The van der Waals surface area contributed by atoms with Crippen LogP contribution in [0.3, 0.4) is 0 Å². The maximum Gasteiger partial charge on any atom is 0.114 e. The first kappa shape index (κ1) is 15.6. The molecular weight excluding hydrogens is 300 g/mol. The van der Waals surface area contributed by atoms with Crippen LogP contribution >= 0.6 is 0 Å². The highest BCUT2D eigenvalue weighted by Crippen LogP contribution is 2.24. The monoisotopic (exact) mass is 316 g/mol. The Morgan fingerprint density at radius 3 is 2.71 bits per heavy atom. The highest BCUT2D eigenvalue weighted by molar-refractivity contribution is 5.83. The molecule has 0 saturated carbocycles. The third kappa shape index (κ3) is 2.81. The summed E-state index contributed by atoms with van der Waals surface area (Å²) in [6, 6.07) is 16.0. The molecule has 24 heavy (non-hydrogen) atoms. The van der Waals surface area contributed by atoms with Gasteiger partial charge in [-0.25, -0.2) is 4.98 Å². The zero-order valence-corrected chi connectivity index (χ0v) is 13.3. The van der Waals surface area contributed by atoms with E-state index in [0.29, 0.717) is 18.5 Å². The Balaban J connectivity index is 2.05. The molecule has 6 heteroatoms. The van der Waals surface area contributed by atoms with Crippen LogP contribution in [0.25, 0.3) is 27.2 Å². The fourth-order valence-electron chi connectivity index (χ4n) is 2.80. The molecule has 0 atom stereocenters. The molecule has 0 radical (unpaired) electrons. The molecule has 0 bridgehead atoms. The van der Waals surface area contributed by atoms with Crippen molar-refractivity contribution in [1.29, 1.82) is 5.26 Å². The SMILES string of the molecule is CCc1nc2c(C#N)cccc2n1-c1ccc(CCN=[N+]=[N-])cc1. The standard InChI is InChI=1S/C18H16N6/c1-2-17-22-18-14(12-19)4-3-5-16(18)24(17)15-8-6-13(7-9-15)10-11-21-23-20/h3-9H,2,10-11H2,1H3. The Hall–Kier alpha value is -3.29. The minimum absolute atomic E-state index is 0.454. The number of aromatic nitrogens is 2.